The molecule has 0 spiro atoms. The van der Waals surface area contributed by atoms with Crippen LogP contribution >= 0.6 is 0 Å². The van der Waals surface area contributed by atoms with E-state index in [1.807, 2.05) is 49.0 Å². The Morgan fingerprint density at radius 1 is 0.833 bits per heavy atom. The predicted molar refractivity (Wildman–Crippen MR) is 253 cm³/mol. The highest BCUT2D eigenvalue weighted by Gasteiger charge is 2.38. The lowest BCUT2D eigenvalue weighted by Gasteiger charge is -2.39. The first-order valence-corrected chi connectivity index (χ1v) is 23.7. The van der Waals surface area contributed by atoms with Crippen molar-refractivity contribution in [1.82, 2.24) is 34.7 Å². The molecule has 5 aliphatic rings. The fourth-order valence-corrected chi connectivity index (χ4v) is 10.3. The molecule has 1 unspecified atom stereocenters. The van der Waals surface area contributed by atoms with Crippen LogP contribution in [0, 0.1) is 17.2 Å². The normalized spacial score (nSPS) is 20.2. The van der Waals surface area contributed by atoms with E-state index in [0.29, 0.717) is 48.0 Å². The number of nitrogens with one attached hydrogen (secondary N) is 2. The van der Waals surface area contributed by atoms with Crippen LogP contribution in [0.4, 0.5) is 11.4 Å². The number of likely N-dealkylation sites (tertiary alicyclic amines) is 2. The van der Waals surface area contributed by atoms with Gasteiger partial charge in [0.2, 0.25) is 11.8 Å². The molecule has 66 heavy (non-hydrogen) atoms. The predicted octanol–water partition coefficient (Wildman–Crippen LogP) is 5.24. The molecule has 6 heterocycles. The number of methoxy groups -OCH3 is 1. The lowest BCUT2D eigenvalue weighted by Crippen LogP contribution is -2.49. The minimum atomic E-state index is -0.395. The van der Waals surface area contributed by atoms with E-state index >= 15 is 0 Å². The molecule has 2 N–H and O–H groups in total. The Hall–Kier alpha value is -6.02. The van der Waals surface area contributed by atoms with Crippen LogP contribution in [0.2, 0.25) is 0 Å². The zero-order valence-corrected chi connectivity index (χ0v) is 38.9. The van der Waals surface area contributed by atoms with Crippen LogP contribution in [0.5, 0.6) is 11.5 Å². The third kappa shape index (κ3) is 10.3. The average Bonchev–Trinajstić information content (AvgIpc) is 3.78. The fraction of sp³-hybridized carbons (Fsp3) is 0.520. The Morgan fingerprint density at radius 3 is 2.24 bits per heavy atom. The molecular weight excluding hydrogens is 837 g/mol. The number of hydrogen-bond acceptors (Lipinski definition) is 13. The van der Waals surface area contributed by atoms with E-state index in [9.17, 15) is 19.2 Å². The summed E-state index contributed by atoms with van der Waals surface area (Å²) >= 11 is 0. The van der Waals surface area contributed by atoms with Crippen molar-refractivity contribution < 1.29 is 28.7 Å². The number of carbonyl (C=O) groups is 4. The van der Waals surface area contributed by atoms with Gasteiger partial charge in [0.25, 0.3) is 11.8 Å². The van der Waals surface area contributed by atoms with Crippen molar-refractivity contribution in [3.63, 3.8) is 0 Å². The third-order valence-corrected chi connectivity index (χ3v) is 13.9. The van der Waals surface area contributed by atoms with Crippen molar-refractivity contribution >= 4 is 45.9 Å². The number of anilines is 2. The Labute approximate surface area is 387 Å². The highest BCUT2D eigenvalue weighted by atomic mass is 16.5. The maximum absolute atomic E-state index is 13.8. The van der Waals surface area contributed by atoms with Crippen molar-refractivity contribution in [1.29, 1.82) is 5.26 Å². The summed E-state index contributed by atoms with van der Waals surface area (Å²) in [5, 5.41) is 19.2. The molecule has 0 aliphatic carbocycles. The number of fused-ring (bicyclic) bond motifs is 2. The van der Waals surface area contributed by atoms with Gasteiger partial charge in [-0.15, -0.1) is 0 Å². The van der Waals surface area contributed by atoms with Crippen molar-refractivity contribution in [2.45, 2.75) is 70.9 Å². The number of rotatable bonds is 14. The highest BCUT2D eigenvalue weighted by Crippen LogP contribution is 2.35. The van der Waals surface area contributed by atoms with Crippen molar-refractivity contribution in [2.24, 2.45) is 13.0 Å². The summed E-state index contributed by atoms with van der Waals surface area (Å²) in [7, 11) is 3.52. The monoisotopic (exact) mass is 901 g/mol. The number of nitrogens with zero attached hydrogens (tertiary/aromatic N) is 8. The van der Waals surface area contributed by atoms with Gasteiger partial charge in [0.1, 0.15) is 0 Å². The Bertz CT molecular complexity index is 2440. The molecule has 16 nitrogen and oxygen atoms in total. The van der Waals surface area contributed by atoms with Crippen LogP contribution in [-0.4, -0.2) is 145 Å². The van der Waals surface area contributed by atoms with Crippen molar-refractivity contribution in [3.05, 3.63) is 77.0 Å². The largest absolute Gasteiger partial charge is 0.493 e. The minimum Gasteiger partial charge on any atom is -0.493 e. The molecule has 16 heteroatoms. The van der Waals surface area contributed by atoms with E-state index in [0.717, 1.165) is 113 Å². The van der Waals surface area contributed by atoms with Gasteiger partial charge in [0.05, 0.1) is 54.6 Å². The molecular formula is C50H64N10O6. The summed E-state index contributed by atoms with van der Waals surface area (Å²) in [6, 6.07) is 19.5. The van der Waals surface area contributed by atoms with Gasteiger partial charge >= 0.3 is 0 Å². The number of aryl methyl sites for hydroxylation is 1. The Morgan fingerprint density at radius 2 is 1.55 bits per heavy atom. The van der Waals surface area contributed by atoms with Crippen LogP contribution in [0.25, 0.3) is 10.9 Å². The van der Waals surface area contributed by atoms with Crippen LogP contribution in [0.15, 0.2) is 54.6 Å². The zero-order chi connectivity index (χ0) is 46.3. The van der Waals surface area contributed by atoms with Crippen molar-refractivity contribution in [3.8, 4) is 17.6 Å². The van der Waals surface area contributed by atoms with E-state index < -0.39 is 5.92 Å². The molecule has 3 aromatic carbocycles. The topological polar surface area (TPSA) is 169 Å². The van der Waals surface area contributed by atoms with Gasteiger partial charge in [-0.1, -0.05) is 12.1 Å². The van der Waals surface area contributed by atoms with Crippen LogP contribution < -0.4 is 25.0 Å². The summed E-state index contributed by atoms with van der Waals surface area (Å²) in [6.07, 6.45) is 5.31. The number of nitriles is 1. The summed E-state index contributed by atoms with van der Waals surface area (Å²) in [5.41, 5.74) is 5.42. The molecule has 4 fully saturated rings. The summed E-state index contributed by atoms with van der Waals surface area (Å²) in [4.78, 5) is 63.2. The molecule has 350 valence electrons. The first kappa shape index (κ1) is 46.5. The second kappa shape index (κ2) is 21.1. The number of ether oxygens (including phenoxy) is 2. The van der Waals surface area contributed by atoms with Gasteiger partial charge in [0.15, 0.2) is 11.5 Å². The lowest BCUT2D eigenvalue weighted by molar-refractivity contribution is -0.134. The van der Waals surface area contributed by atoms with Crippen LogP contribution in [-0.2, 0) is 23.2 Å². The lowest BCUT2D eigenvalue weighted by atomic mass is 9.93. The fourth-order valence-electron chi connectivity index (χ4n) is 10.3. The minimum absolute atomic E-state index is 0.164. The van der Waals surface area contributed by atoms with Gasteiger partial charge in [-0.3, -0.25) is 39.0 Å². The van der Waals surface area contributed by atoms with Gasteiger partial charge in [-0.25, -0.2) is 0 Å². The highest BCUT2D eigenvalue weighted by molar-refractivity contribution is 6.23. The molecule has 4 amide bonds. The van der Waals surface area contributed by atoms with Gasteiger partial charge in [-0.05, 0) is 106 Å². The number of piperidine rings is 3. The molecule has 0 saturated carbocycles. The number of hydrogen-bond donors (Lipinski definition) is 2. The molecule has 1 aromatic heterocycles. The summed E-state index contributed by atoms with van der Waals surface area (Å²) in [5.74, 6) is 0.537. The first-order valence-electron chi connectivity index (χ1n) is 23.7. The molecule has 0 radical (unpaired) electrons. The number of amides is 4. The van der Waals surface area contributed by atoms with E-state index in [2.05, 4.69) is 48.4 Å². The zero-order valence-electron chi connectivity index (χ0n) is 38.9. The third-order valence-electron chi connectivity index (χ3n) is 13.9. The average molecular weight is 901 g/mol. The molecule has 0 bridgehead atoms. The summed E-state index contributed by atoms with van der Waals surface area (Å²) < 4.78 is 13.0. The number of imide groups is 2. The molecule has 4 saturated heterocycles. The van der Waals surface area contributed by atoms with Gasteiger partial charge < -0.3 is 29.5 Å². The SMILES string of the molecule is CC#N.CCOc1cc(CN2C(=O)c3cccc(NC4CCN(CC5CCN(CCN6CCN(c7ccc8c(C9CCC(=O)NC9=O)nn(C)c8c7)CC6)CC5)CC4)c3C2=O)ccc1OC. The molecule has 1 atom stereocenters. The Kier molecular flexibility index (Phi) is 14.9. The second-order valence-electron chi connectivity index (χ2n) is 18.1. The van der Waals surface area contributed by atoms with Crippen LogP contribution in [0.3, 0.4) is 0 Å². The van der Waals surface area contributed by atoms with Crippen molar-refractivity contribution in [2.75, 3.05) is 95.9 Å². The molecule has 4 aromatic rings. The number of carbonyl (C=O) groups excluding carboxylic acids is 4. The number of benzene rings is 3. The van der Waals surface area contributed by atoms with Gasteiger partial charge in [0, 0.05) is 102 Å². The van der Waals surface area contributed by atoms with E-state index in [1.165, 1.54) is 30.4 Å². The quantitative estimate of drug-likeness (QED) is 0.158. The van der Waals surface area contributed by atoms with E-state index in [4.69, 9.17) is 19.8 Å². The Balaban J connectivity index is 0.00000192. The number of aromatic nitrogens is 2. The maximum atomic E-state index is 13.8. The number of piperazine rings is 1. The first-order chi connectivity index (χ1) is 32.1. The summed E-state index contributed by atoms with van der Waals surface area (Å²) in [6.45, 7) is 15.7. The molecule has 9 rings (SSSR count). The van der Waals surface area contributed by atoms with E-state index in [1.54, 1.807) is 19.2 Å². The smallest absolute Gasteiger partial charge is 0.263 e. The van der Waals surface area contributed by atoms with Gasteiger partial charge in [-0.2, -0.15) is 10.4 Å². The second-order valence-corrected chi connectivity index (χ2v) is 18.1. The van der Waals surface area contributed by atoms with Crippen LogP contribution in [0.1, 0.15) is 90.3 Å². The maximum Gasteiger partial charge on any atom is 0.263 e. The standard InChI is InChI=1S/C48H61N9O6.C2H3N/c1-4-63-42-28-33(8-12-41(42)62-3)31-57-47(60)37-6-5-7-39(44(37)48(57)61)49-34-16-20-55(21-17-34)30-32-14-18-53(19-15-32)22-23-54-24-26-56(27-25-54)35-9-10-36-40(29-35)52(2)51-45(36)38-11-13-43(58)50-46(38)59;1-2-3/h5-10,12,28-29,32,34,38,49H,4,11,13-27,30-31H2,1-3H3,(H,50,58,59);1H3. The molecule has 5 aliphatic heterocycles. The van der Waals surface area contributed by atoms with E-state index in [-0.39, 0.29) is 36.2 Å².